The molecule has 1 heteroatoms. The lowest BCUT2D eigenvalue weighted by molar-refractivity contribution is 1.32. The quantitative estimate of drug-likeness (QED) is 0.536. The van der Waals surface area contributed by atoms with Gasteiger partial charge in [-0.2, -0.15) is 0 Å². The first-order chi connectivity index (χ1) is 10.8. The second kappa shape index (κ2) is 5.47. The lowest BCUT2D eigenvalue weighted by Crippen LogP contribution is -1.87. The van der Waals surface area contributed by atoms with E-state index >= 15 is 0 Å². The molecule has 3 aromatic rings. The van der Waals surface area contributed by atoms with Crippen LogP contribution in [-0.2, 0) is 6.42 Å². The zero-order valence-electron chi connectivity index (χ0n) is 12.1. The molecule has 0 nitrogen and oxygen atoms in total. The van der Waals surface area contributed by atoms with Crippen LogP contribution in [0, 0.1) is 0 Å². The Bertz CT molecular complexity index is 843. The highest BCUT2D eigenvalue weighted by Crippen LogP contribution is 2.37. The molecule has 1 aliphatic carbocycles. The van der Waals surface area contributed by atoms with E-state index < -0.39 is 0 Å². The third kappa shape index (κ3) is 2.36. The molecular formula is C21H15Cl. The van der Waals surface area contributed by atoms with Crippen molar-refractivity contribution in [3.05, 3.63) is 94.5 Å². The fourth-order valence-electron chi connectivity index (χ4n) is 3.09. The van der Waals surface area contributed by atoms with Gasteiger partial charge in [-0.25, -0.2) is 0 Å². The smallest absolute Gasteiger partial charge is 0.0406 e. The Kier molecular flexibility index (Phi) is 3.32. The zero-order chi connectivity index (χ0) is 14.9. The molecule has 0 bridgehead atoms. The minimum Gasteiger partial charge on any atom is -0.0843 e. The number of hydrogen-bond acceptors (Lipinski definition) is 0. The summed E-state index contributed by atoms with van der Waals surface area (Å²) >= 11 is 6.01. The van der Waals surface area contributed by atoms with E-state index in [1.807, 2.05) is 12.1 Å². The van der Waals surface area contributed by atoms with Crippen LogP contribution in [0.3, 0.4) is 0 Å². The highest BCUT2D eigenvalue weighted by atomic mass is 35.5. The van der Waals surface area contributed by atoms with Crippen molar-refractivity contribution in [2.45, 2.75) is 6.42 Å². The lowest BCUT2D eigenvalue weighted by Gasteiger charge is -2.07. The first kappa shape index (κ1) is 13.4. The largest absolute Gasteiger partial charge is 0.0843 e. The van der Waals surface area contributed by atoms with Crippen LogP contribution in [0.4, 0.5) is 0 Å². The second-order valence-corrected chi connectivity index (χ2v) is 6.03. The van der Waals surface area contributed by atoms with Gasteiger partial charge in [0.05, 0.1) is 0 Å². The fraction of sp³-hybridized carbons (Fsp3) is 0.0476. The minimum atomic E-state index is 0.775. The summed E-state index contributed by atoms with van der Waals surface area (Å²) in [5.74, 6) is 0. The van der Waals surface area contributed by atoms with Crippen molar-refractivity contribution in [1.29, 1.82) is 0 Å². The Morgan fingerprint density at radius 3 is 2.23 bits per heavy atom. The number of fused-ring (bicyclic) bond motifs is 1. The van der Waals surface area contributed by atoms with E-state index in [1.165, 1.54) is 33.4 Å². The predicted molar refractivity (Wildman–Crippen MR) is 94.9 cm³/mol. The van der Waals surface area contributed by atoms with Gasteiger partial charge < -0.3 is 0 Å². The first-order valence-corrected chi connectivity index (χ1v) is 7.83. The Balaban J connectivity index is 1.81. The molecule has 0 aromatic heterocycles. The van der Waals surface area contributed by atoms with Gasteiger partial charge in [-0.05, 0) is 58.0 Å². The Hall–Kier alpha value is -2.31. The molecule has 0 saturated carbocycles. The maximum Gasteiger partial charge on any atom is 0.0406 e. The Morgan fingerprint density at radius 2 is 1.45 bits per heavy atom. The Morgan fingerprint density at radius 1 is 0.682 bits per heavy atom. The molecule has 0 unspecified atom stereocenters. The fourth-order valence-corrected chi connectivity index (χ4v) is 3.21. The summed E-state index contributed by atoms with van der Waals surface area (Å²) < 4.78 is 0. The van der Waals surface area contributed by atoms with E-state index in [-0.39, 0.29) is 0 Å². The molecule has 0 amide bonds. The maximum atomic E-state index is 6.01. The molecule has 0 spiro atoms. The monoisotopic (exact) mass is 302 g/mol. The van der Waals surface area contributed by atoms with Crippen molar-refractivity contribution in [3.8, 4) is 11.1 Å². The summed E-state index contributed by atoms with van der Waals surface area (Å²) in [5.41, 5.74) is 7.92. The summed E-state index contributed by atoms with van der Waals surface area (Å²) in [6.07, 6.45) is 3.33. The van der Waals surface area contributed by atoms with Gasteiger partial charge in [-0.1, -0.05) is 72.3 Å². The lowest BCUT2D eigenvalue weighted by atomic mass is 9.97. The van der Waals surface area contributed by atoms with Crippen LogP contribution in [0.1, 0.15) is 16.7 Å². The minimum absolute atomic E-state index is 0.775. The predicted octanol–water partition coefficient (Wildman–Crippen LogP) is 6.10. The van der Waals surface area contributed by atoms with Crippen LogP contribution in [0.15, 0.2) is 72.8 Å². The first-order valence-electron chi connectivity index (χ1n) is 7.45. The topological polar surface area (TPSA) is 0 Å². The molecule has 3 aromatic carbocycles. The maximum absolute atomic E-state index is 6.01. The van der Waals surface area contributed by atoms with Crippen LogP contribution in [0.2, 0.25) is 5.02 Å². The molecule has 0 aliphatic heterocycles. The van der Waals surface area contributed by atoms with E-state index in [9.17, 15) is 0 Å². The van der Waals surface area contributed by atoms with E-state index in [4.69, 9.17) is 11.6 Å². The third-order valence-electron chi connectivity index (χ3n) is 4.20. The van der Waals surface area contributed by atoms with Crippen molar-refractivity contribution in [2.75, 3.05) is 0 Å². The van der Waals surface area contributed by atoms with Crippen LogP contribution in [0.5, 0.6) is 0 Å². The molecule has 0 fully saturated rings. The number of halogens is 1. The highest BCUT2D eigenvalue weighted by Gasteiger charge is 2.17. The van der Waals surface area contributed by atoms with Gasteiger partial charge in [0.25, 0.3) is 0 Å². The van der Waals surface area contributed by atoms with Crippen molar-refractivity contribution >= 4 is 23.3 Å². The molecule has 0 saturated heterocycles. The normalized spacial score (nSPS) is 12.9. The molecule has 0 atom stereocenters. The SMILES string of the molecule is Clc1ccc(-c2cccc3c2C=C(c2ccccc2)C3)cc1. The average molecular weight is 303 g/mol. The van der Waals surface area contributed by atoms with Gasteiger partial charge >= 0.3 is 0 Å². The zero-order valence-corrected chi connectivity index (χ0v) is 12.8. The summed E-state index contributed by atoms with van der Waals surface area (Å²) in [5, 5.41) is 0.775. The van der Waals surface area contributed by atoms with E-state index in [2.05, 4.69) is 66.7 Å². The van der Waals surface area contributed by atoms with Gasteiger partial charge in [0.1, 0.15) is 0 Å². The standard InChI is InChI=1S/C21H15Cl/c22-19-11-9-16(10-12-19)20-8-4-7-17-13-18(14-21(17)20)15-5-2-1-3-6-15/h1-12,14H,13H2. The average Bonchev–Trinajstić information content (AvgIpc) is 3.01. The summed E-state index contributed by atoms with van der Waals surface area (Å²) in [7, 11) is 0. The molecular weight excluding hydrogens is 288 g/mol. The summed E-state index contributed by atoms with van der Waals surface area (Å²) in [6, 6.07) is 25.3. The second-order valence-electron chi connectivity index (χ2n) is 5.60. The van der Waals surface area contributed by atoms with E-state index in [0.717, 1.165) is 11.4 Å². The van der Waals surface area contributed by atoms with Crippen molar-refractivity contribution in [3.63, 3.8) is 0 Å². The highest BCUT2D eigenvalue weighted by molar-refractivity contribution is 6.30. The van der Waals surface area contributed by atoms with Crippen LogP contribution in [0.25, 0.3) is 22.8 Å². The van der Waals surface area contributed by atoms with Crippen LogP contribution in [-0.4, -0.2) is 0 Å². The number of benzene rings is 3. The van der Waals surface area contributed by atoms with Crippen molar-refractivity contribution < 1.29 is 0 Å². The van der Waals surface area contributed by atoms with E-state index in [1.54, 1.807) is 0 Å². The summed E-state index contributed by atoms with van der Waals surface area (Å²) in [6.45, 7) is 0. The van der Waals surface area contributed by atoms with Gasteiger partial charge in [0, 0.05) is 5.02 Å². The molecule has 4 rings (SSSR count). The molecule has 0 heterocycles. The molecule has 106 valence electrons. The number of hydrogen-bond donors (Lipinski definition) is 0. The molecule has 0 N–H and O–H groups in total. The van der Waals surface area contributed by atoms with Gasteiger partial charge in [0.2, 0.25) is 0 Å². The number of allylic oxidation sites excluding steroid dienone is 1. The van der Waals surface area contributed by atoms with Crippen molar-refractivity contribution in [2.24, 2.45) is 0 Å². The number of rotatable bonds is 2. The summed E-state index contributed by atoms with van der Waals surface area (Å²) in [4.78, 5) is 0. The molecule has 22 heavy (non-hydrogen) atoms. The van der Waals surface area contributed by atoms with Gasteiger partial charge in [-0.15, -0.1) is 0 Å². The Labute approximate surface area is 135 Å². The van der Waals surface area contributed by atoms with Crippen LogP contribution >= 0.6 is 11.6 Å². The van der Waals surface area contributed by atoms with Crippen LogP contribution < -0.4 is 0 Å². The van der Waals surface area contributed by atoms with Crippen molar-refractivity contribution in [1.82, 2.24) is 0 Å². The van der Waals surface area contributed by atoms with Gasteiger partial charge in [-0.3, -0.25) is 0 Å². The van der Waals surface area contributed by atoms with Gasteiger partial charge in [0.15, 0.2) is 0 Å². The molecule has 1 aliphatic rings. The molecule has 0 radical (unpaired) electrons. The third-order valence-corrected chi connectivity index (χ3v) is 4.45. The van der Waals surface area contributed by atoms with E-state index in [0.29, 0.717) is 0 Å².